The predicted molar refractivity (Wildman–Crippen MR) is 137 cm³/mol. The number of nitrogens with zero attached hydrogens (tertiary/aromatic N) is 4. The van der Waals surface area contributed by atoms with E-state index in [1.807, 2.05) is 4.90 Å². The number of aromatic nitrogens is 2. The van der Waals surface area contributed by atoms with Gasteiger partial charge in [-0.3, -0.25) is 4.90 Å². The van der Waals surface area contributed by atoms with Gasteiger partial charge in [-0.1, -0.05) is 6.07 Å². The van der Waals surface area contributed by atoms with Gasteiger partial charge in [-0.25, -0.2) is 18.4 Å². The SMILES string of the molecule is Cc1cc(C2CCN([C@H]3CCNC3)CC2)cc2c1OCc1c(ncnc1N1CCS(=O)(=O)CC1)N2. The van der Waals surface area contributed by atoms with Crippen LogP contribution >= 0.6 is 0 Å². The summed E-state index contributed by atoms with van der Waals surface area (Å²) >= 11 is 0. The van der Waals surface area contributed by atoms with Crippen LogP contribution in [0.15, 0.2) is 18.5 Å². The van der Waals surface area contributed by atoms with Gasteiger partial charge in [-0.15, -0.1) is 0 Å². The van der Waals surface area contributed by atoms with Gasteiger partial charge in [0.2, 0.25) is 0 Å². The summed E-state index contributed by atoms with van der Waals surface area (Å²) in [7, 11) is -2.96. The van der Waals surface area contributed by atoms with Gasteiger partial charge in [-0.2, -0.15) is 0 Å². The highest BCUT2D eigenvalue weighted by atomic mass is 32.2. The third-order valence-corrected chi connectivity index (χ3v) is 9.64. The van der Waals surface area contributed by atoms with E-state index in [9.17, 15) is 8.42 Å². The lowest BCUT2D eigenvalue weighted by atomic mass is 9.87. The number of hydrogen-bond acceptors (Lipinski definition) is 9. The van der Waals surface area contributed by atoms with Gasteiger partial charge in [0.25, 0.3) is 0 Å². The summed E-state index contributed by atoms with van der Waals surface area (Å²) in [6, 6.07) is 5.23. The summed E-state index contributed by atoms with van der Waals surface area (Å²) in [5.41, 5.74) is 4.31. The Morgan fingerprint density at radius 2 is 1.86 bits per heavy atom. The Bertz CT molecular complexity index is 1190. The molecule has 2 N–H and O–H groups in total. The highest BCUT2D eigenvalue weighted by molar-refractivity contribution is 7.91. The average molecular weight is 499 g/mol. The van der Waals surface area contributed by atoms with E-state index in [1.54, 1.807) is 6.33 Å². The normalized spacial score (nSPS) is 24.7. The van der Waals surface area contributed by atoms with Crippen molar-refractivity contribution in [3.8, 4) is 5.75 Å². The van der Waals surface area contributed by atoms with Crippen molar-refractivity contribution < 1.29 is 13.2 Å². The third-order valence-electron chi connectivity index (χ3n) is 8.03. The quantitative estimate of drug-likeness (QED) is 0.660. The first-order valence-electron chi connectivity index (χ1n) is 12.8. The molecule has 0 radical (unpaired) electrons. The zero-order valence-corrected chi connectivity index (χ0v) is 21.1. The Kier molecular flexibility index (Phi) is 6.06. The van der Waals surface area contributed by atoms with Gasteiger partial charge >= 0.3 is 0 Å². The molecule has 9 nitrogen and oxygen atoms in total. The fraction of sp³-hybridized carbons (Fsp3) is 0.600. The summed E-state index contributed by atoms with van der Waals surface area (Å²) in [5, 5.41) is 7.03. The number of benzene rings is 1. The summed E-state index contributed by atoms with van der Waals surface area (Å²) in [4.78, 5) is 13.7. The molecule has 3 saturated heterocycles. The number of likely N-dealkylation sites (tertiary alicyclic amines) is 1. The number of ether oxygens (including phenoxy) is 1. The van der Waals surface area contributed by atoms with Crippen LogP contribution in [0.3, 0.4) is 0 Å². The molecular weight excluding hydrogens is 464 g/mol. The van der Waals surface area contributed by atoms with Crippen LogP contribution in [0, 0.1) is 6.92 Å². The largest absolute Gasteiger partial charge is 0.486 e. The Labute approximate surface area is 207 Å². The van der Waals surface area contributed by atoms with E-state index >= 15 is 0 Å². The minimum absolute atomic E-state index is 0.152. The van der Waals surface area contributed by atoms with Crippen LogP contribution in [-0.4, -0.2) is 80.1 Å². The monoisotopic (exact) mass is 498 g/mol. The first-order chi connectivity index (χ1) is 17.0. The van der Waals surface area contributed by atoms with Crippen LogP contribution in [-0.2, 0) is 16.4 Å². The lowest BCUT2D eigenvalue weighted by Crippen LogP contribution is -2.42. The van der Waals surface area contributed by atoms with Crippen molar-refractivity contribution in [2.24, 2.45) is 0 Å². The van der Waals surface area contributed by atoms with Crippen LogP contribution in [0.4, 0.5) is 17.3 Å². The number of nitrogens with one attached hydrogen (secondary N) is 2. The molecule has 2 aromatic rings. The van der Waals surface area contributed by atoms with E-state index in [4.69, 9.17) is 4.74 Å². The Balaban J connectivity index is 1.22. The highest BCUT2D eigenvalue weighted by Gasteiger charge is 2.30. The van der Waals surface area contributed by atoms with E-state index < -0.39 is 9.84 Å². The predicted octanol–water partition coefficient (Wildman–Crippen LogP) is 2.20. The minimum Gasteiger partial charge on any atom is -0.486 e. The number of aryl methyl sites for hydroxylation is 1. The lowest BCUT2D eigenvalue weighted by molar-refractivity contribution is 0.161. The van der Waals surface area contributed by atoms with Crippen LogP contribution < -0.4 is 20.3 Å². The van der Waals surface area contributed by atoms with Crippen LogP contribution in [0.2, 0.25) is 0 Å². The van der Waals surface area contributed by atoms with Gasteiger partial charge < -0.3 is 20.3 Å². The van der Waals surface area contributed by atoms with Crippen molar-refractivity contribution in [2.45, 2.75) is 44.8 Å². The van der Waals surface area contributed by atoms with Crippen molar-refractivity contribution in [3.63, 3.8) is 0 Å². The number of rotatable bonds is 3. The topological polar surface area (TPSA) is 99.7 Å². The van der Waals surface area contributed by atoms with Crippen molar-refractivity contribution in [2.75, 3.05) is 61.0 Å². The molecule has 0 aliphatic carbocycles. The first-order valence-corrected chi connectivity index (χ1v) is 14.6. The zero-order chi connectivity index (χ0) is 24.0. The molecule has 0 amide bonds. The Morgan fingerprint density at radius 1 is 1.06 bits per heavy atom. The summed E-state index contributed by atoms with van der Waals surface area (Å²) in [6.07, 6.45) is 5.17. The van der Waals surface area contributed by atoms with Crippen molar-refractivity contribution >= 4 is 27.2 Å². The molecule has 6 rings (SSSR count). The molecule has 5 heterocycles. The zero-order valence-electron chi connectivity index (χ0n) is 20.3. The molecule has 1 aromatic carbocycles. The molecule has 1 atom stereocenters. The number of hydrogen-bond donors (Lipinski definition) is 2. The average Bonchev–Trinajstić information content (AvgIpc) is 3.32. The first kappa shape index (κ1) is 23.0. The van der Waals surface area contributed by atoms with Gasteiger partial charge in [0, 0.05) is 25.7 Å². The molecule has 0 unspecified atom stereocenters. The summed E-state index contributed by atoms with van der Waals surface area (Å²) < 4.78 is 30.1. The maximum atomic E-state index is 11.9. The summed E-state index contributed by atoms with van der Waals surface area (Å²) in [6.45, 7) is 7.92. The smallest absolute Gasteiger partial charge is 0.153 e. The number of sulfone groups is 1. The number of anilines is 3. The van der Waals surface area contributed by atoms with Gasteiger partial charge in [-0.05, 0) is 68.9 Å². The molecule has 0 spiro atoms. The van der Waals surface area contributed by atoms with E-state index in [-0.39, 0.29) is 11.5 Å². The molecule has 1 aromatic heterocycles. The van der Waals surface area contributed by atoms with E-state index in [2.05, 4.69) is 44.6 Å². The van der Waals surface area contributed by atoms with Gasteiger partial charge in [0.15, 0.2) is 9.84 Å². The number of piperidine rings is 1. The second-order valence-corrected chi connectivity index (χ2v) is 12.6. The second kappa shape index (κ2) is 9.22. The van der Waals surface area contributed by atoms with Crippen LogP contribution in [0.1, 0.15) is 41.9 Å². The van der Waals surface area contributed by atoms with Crippen molar-refractivity contribution in [1.82, 2.24) is 20.2 Å². The van der Waals surface area contributed by atoms with E-state index in [1.165, 1.54) is 24.8 Å². The van der Waals surface area contributed by atoms with Crippen molar-refractivity contribution in [3.05, 3.63) is 35.2 Å². The van der Waals surface area contributed by atoms with Crippen LogP contribution in [0.25, 0.3) is 0 Å². The second-order valence-electron chi connectivity index (χ2n) is 10.2. The molecule has 3 fully saturated rings. The molecule has 4 aliphatic heterocycles. The molecule has 35 heavy (non-hydrogen) atoms. The number of fused-ring (bicyclic) bond motifs is 2. The van der Waals surface area contributed by atoms with Crippen LogP contribution in [0.5, 0.6) is 5.75 Å². The van der Waals surface area contributed by atoms with E-state index in [0.29, 0.717) is 31.7 Å². The van der Waals surface area contributed by atoms with Gasteiger partial charge in [0.1, 0.15) is 30.3 Å². The third kappa shape index (κ3) is 4.59. The fourth-order valence-electron chi connectivity index (χ4n) is 5.98. The lowest BCUT2D eigenvalue weighted by Gasteiger charge is -2.36. The Morgan fingerprint density at radius 3 is 2.60 bits per heavy atom. The molecular formula is C25H34N6O3S. The highest BCUT2D eigenvalue weighted by Crippen LogP contribution is 2.41. The standard InChI is InChI=1S/C25H34N6O3S/c1-17-12-19(18-3-6-30(7-4-18)20-2-5-26-14-20)13-22-23(17)34-15-21-24(29-22)27-16-28-25(21)31-8-10-35(32,33)11-9-31/h12-13,16,18,20,26H,2-11,14-15H2,1H3,(H,27,28,29)/t20-/m0/s1. The fourth-order valence-corrected chi connectivity index (χ4v) is 7.18. The van der Waals surface area contributed by atoms with Gasteiger partial charge in [0.05, 0.1) is 22.8 Å². The Hall–Kier alpha value is -2.43. The van der Waals surface area contributed by atoms with Crippen molar-refractivity contribution in [1.29, 1.82) is 0 Å². The molecule has 188 valence electrons. The molecule has 0 saturated carbocycles. The molecule has 0 bridgehead atoms. The maximum absolute atomic E-state index is 11.9. The minimum atomic E-state index is -2.96. The molecule has 4 aliphatic rings. The summed E-state index contributed by atoms with van der Waals surface area (Å²) in [5.74, 6) is 3.20. The van der Waals surface area contributed by atoms with E-state index in [0.717, 1.165) is 60.4 Å². The maximum Gasteiger partial charge on any atom is 0.153 e. The molecule has 10 heteroatoms.